The van der Waals surface area contributed by atoms with Gasteiger partial charge in [0.1, 0.15) is 11.5 Å². The summed E-state index contributed by atoms with van der Waals surface area (Å²) >= 11 is 0. The van der Waals surface area contributed by atoms with Gasteiger partial charge in [-0.1, -0.05) is 24.3 Å². The predicted molar refractivity (Wildman–Crippen MR) is 126 cm³/mol. The molecule has 1 aromatic carbocycles. The number of aromatic nitrogens is 2. The van der Waals surface area contributed by atoms with Gasteiger partial charge < -0.3 is 16.4 Å². The largest absolute Gasteiger partial charge is 0.365 e. The van der Waals surface area contributed by atoms with Gasteiger partial charge in [-0.05, 0) is 71.1 Å². The van der Waals surface area contributed by atoms with E-state index in [1.54, 1.807) is 0 Å². The normalized spacial score (nSPS) is 19.4. The second-order valence-corrected chi connectivity index (χ2v) is 9.70. The fourth-order valence-electron chi connectivity index (χ4n) is 4.27. The Hall–Kier alpha value is -2.86. The fraction of sp³-hybridized carbons (Fsp3) is 0.440. The minimum absolute atomic E-state index is 0.0743. The van der Waals surface area contributed by atoms with Gasteiger partial charge in [-0.25, -0.2) is 4.98 Å². The fourth-order valence-corrected chi connectivity index (χ4v) is 4.27. The van der Waals surface area contributed by atoms with Crippen molar-refractivity contribution in [1.29, 1.82) is 0 Å². The highest BCUT2D eigenvalue weighted by atomic mass is 16.1. The average Bonchev–Trinajstić information content (AvgIpc) is 3.06. The smallest absolute Gasteiger partial charge is 0.255 e. The van der Waals surface area contributed by atoms with Gasteiger partial charge in [0.05, 0.1) is 5.56 Å². The van der Waals surface area contributed by atoms with Crippen molar-refractivity contribution in [2.24, 2.45) is 5.73 Å². The zero-order valence-corrected chi connectivity index (χ0v) is 18.9. The molecule has 3 aromatic rings. The first-order valence-electron chi connectivity index (χ1n) is 11.1. The van der Waals surface area contributed by atoms with Crippen molar-refractivity contribution in [3.63, 3.8) is 0 Å². The minimum Gasteiger partial charge on any atom is -0.365 e. The molecule has 0 atom stereocenters. The molecule has 2 heterocycles. The van der Waals surface area contributed by atoms with Crippen LogP contribution in [0.1, 0.15) is 62.4 Å². The molecule has 4 rings (SSSR count). The van der Waals surface area contributed by atoms with Gasteiger partial charge in [0.2, 0.25) is 0 Å². The Morgan fingerprint density at radius 2 is 1.81 bits per heavy atom. The minimum atomic E-state index is -0.160. The number of hydrogen-bond donors (Lipinski definition) is 3. The summed E-state index contributed by atoms with van der Waals surface area (Å²) in [7, 11) is 0. The summed E-state index contributed by atoms with van der Waals surface area (Å²) < 4.78 is 2.00. The van der Waals surface area contributed by atoms with Crippen molar-refractivity contribution >= 4 is 17.4 Å². The molecule has 6 heteroatoms. The van der Waals surface area contributed by atoms with Crippen molar-refractivity contribution in [3.8, 4) is 11.3 Å². The number of aryl methyl sites for hydroxylation is 1. The standard InChI is InChI=1S/C25H33N5O/c1-16-8-5-6-9-19(16)21-23(29-25(2,3)4)30-15-7-10-20(22(30)28-21)24(31)27-18-13-11-17(26)12-14-18/h5-10,15,17-18,29H,11-14,26H2,1-4H3,(H,27,31). The summed E-state index contributed by atoms with van der Waals surface area (Å²) in [4.78, 5) is 18.2. The molecule has 1 aliphatic carbocycles. The van der Waals surface area contributed by atoms with Crippen LogP contribution in [-0.2, 0) is 0 Å². The van der Waals surface area contributed by atoms with Gasteiger partial charge in [-0.3, -0.25) is 9.20 Å². The monoisotopic (exact) mass is 419 g/mol. The van der Waals surface area contributed by atoms with Gasteiger partial charge in [-0.2, -0.15) is 0 Å². The van der Waals surface area contributed by atoms with Gasteiger partial charge in [0, 0.05) is 29.4 Å². The van der Waals surface area contributed by atoms with E-state index in [-0.39, 0.29) is 23.5 Å². The number of hydrogen-bond acceptors (Lipinski definition) is 4. The van der Waals surface area contributed by atoms with E-state index < -0.39 is 0 Å². The molecule has 1 amide bonds. The lowest BCUT2D eigenvalue weighted by atomic mass is 9.91. The highest BCUT2D eigenvalue weighted by Crippen LogP contribution is 2.33. The third kappa shape index (κ3) is 4.59. The van der Waals surface area contributed by atoms with Gasteiger partial charge in [-0.15, -0.1) is 0 Å². The van der Waals surface area contributed by atoms with Crippen LogP contribution in [0.25, 0.3) is 16.9 Å². The topological polar surface area (TPSA) is 84.5 Å². The van der Waals surface area contributed by atoms with E-state index in [1.165, 1.54) is 0 Å². The molecule has 0 saturated heterocycles. The zero-order valence-electron chi connectivity index (χ0n) is 18.9. The molecule has 0 bridgehead atoms. The van der Waals surface area contributed by atoms with E-state index in [4.69, 9.17) is 10.7 Å². The maximum atomic E-state index is 13.2. The SMILES string of the molecule is Cc1ccccc1-c1nc2c(C(=O)NC3CCC(N)CC3)cccn2c1NC(C)(C)C. The van der Waals surface area contributed by atoms with E-state index >= 15 is 0 Å². The van der Waals surface area contributed by atoms with Gasteiger partial charge >= 0.3 is 0 Å². The number of nitrogens with one attached hydrogen (secondary N) is 2. The molecule has 1 fully saturated rings. The van der Waals surface area contributed by atoms with Crippen molar-refractivity contribution in [2.45, 2.75) is 71.0 Å². The molecule has 31 heavy (non-hydrogen) atoms. The maximum absolute atomic E-state index is 13.2. The van der Waals surface area contributed by atoms with Gasteiger partial charge in [0.15, 0.2) is 5.65 Å². The molecule has 1 saturated carbocycles. The van der Waals surface area contributed by atoms with Crippen LogP contribution in [0.3, 0.4) is 0 Å². The second kappa shape index (κ2) is 8.35. The molecule has 4 N–H and O–H groups in total. The number of nitrogens with zero attached hydrogens (tertiary/aromatic N) is 2. The Kier molecular flexibility index (Phi) is 5.75. The zero-order chi connectivity index (χ0) is 22.2. The number of benzene rings is 1. The first kappa shape index (κ1) is 21.4. The molecule has 6 nitrogen and oxygen atoms in total. The van der Waals surface area contributed by atoms with Crippen LogP contribution in [0.5, 0.6) is 0 Å². The van der Waals surface area contributed by atoms with E-state index in [9.17, 15) is 4.79 Å². The lowest BCUT2D eigenvalue weighted by Gasteiger charge is -2.26. The number of fused-ring (bicyclic) bond motifs is 1. The predicted octanol–water partition coefficient (Wildman–Crippen LogP) is 4.52. The average molecular weight is 420 g/mol. The van der Waals surface area contributed by atoms with Crippen LogP contribution in [0, 0.1) is 6.92 Å². The third-order valence-corrected chi connectivity index (χ3v) is 5.90. The highest BCUT2D eigenvalue weighted by Gasteiger charge is 2.25. The Morgan fingerprint density at radius 3 is 2.48 bits per heavy atom. The summed E-state index contributed by atoms with van der Waals surface area (Å²) in [5.74, 6) is 0.824. The Labute approximate surface area is 184 Å². The molecule has 0 aliphatic heterocycles. The molecule has 164 valence electrons. The lowest BCUT2D eigenvalue weighted by Crippen LogP contribution is -2.40. The Balaban J connectivity index is 1.77. The van der Waals surface area contributed by atoms with Crippen molar-refractivity contribution in [3.05, 3.63) is 53.7 Å². The summed E-state index contributed by atoms with van der Waals surface area (Å²) in [6.45, 7) is 8.46. The summed E-state index contributed by atoms with van der Waals surface area (Å²) in [6.07, 6.45) is 5.73. The number of anilines is 1. The number of carbonyl (C=O) groups excluding carboxylic acids is 1. The van der Waals surface area contributed by atoms with Crippen LogP contribution in [0.2, 0.25) is 0 Å². The van der Waals surface area contributed by atoms with E-state index in [1.807, 2.05) is 34.9 Å². The molecule has 0 unspecified atom stereocenters. The van der Waals surface area contributed by atoms with E-state index in [2.05, 4.69) is 50.5 Å². The van der Waals surface area contributed by atoms with Crippen molar-refractivity contribution in [1.82, 2.24) is 14.7 Å². The maximum Gasteiger partial charge on any atom is 0.255 e. The lowest BCUT2D eigenvalue weighted by molar-refractivity contribution is 0.0927. The number of imidazole rings is 1. The first-order valence-corrected chi connectivity index (χ1v) is 11.1. The molecule has 1 aliphatic rings. The molecule has 0 radical (unpaired) electrons. The van der Waals surface area contributed by atoms with Crippen LogP contribution >= 0.6 is 0 Å². The summed E-state index contributed by atoms with van der Waals surface area (Å²) in [5.41, 5.74) is 10.2. The molecule has 2 aromatic heterocycles. The third-order valence-electron chi connectivity index (χ3n) is 5.90. The van der Waals surface area contributed by atoms with Crippen LogP contribution < -0.4 is 16.4 Å². The number of carbonyl (C=O) groups is 1. The number of amides is 1. The number of nitrogens with two attached hydrogens (primary N) is 1. The summed E-state index contributed by atoms with van der Waals surface area (Å²) in [6, 6.07) is 12.4. The molecular formula is C25H33N5O. The van der Waals surface area contributed by atoms with Crippen LogP contribution in [0.15, 0.2) is 42.6 Å². The number of rotatable bonds is 4. The number of pyridine rings is 1. The van der Waals surface area contributed by atoms with Crippen molar-refractivity contribution < 1.29 is 4.79 Å². The van der Waals surface area contributed by atoms with Crippen LogP contribution in [0.4, 0.5) is 5.82 Å². The van der Waals surface area contributed by atoms with E-state index in [0.717, 1.165) is 48.3 Å². The van der Waals surface area contributed by atoms with Crippen molar-refractivity contribution in [2.75, 3.05) is 5.32 Å². The van der Waals surface area contributed by atoms with E-state index in [0.29, 0.717) is 11.2 Å². The highest BCUT2D eigenvalue weighted by molar-refractivity contribution is 6.01. The summed E-state index contributed by atoms with van der Waals surface area (Å²) in [5, 5.41) is 6.81. The first-order chi connectivity index (χ1) is 14.7. The Bertz CT molecular complexity index is 1090. The molecule has 0 spiro atoms. The quantitative estimate of drug-likeness (QED) is 0.580. The second-order valence-electron chi connectivity index (χ2n) is 9.70. The van der Waals surface area contributed by atoms with Gasteiger partial charge in [0.25, 0.3) is 5.91 Å². The Morgan fingerprint density at radius 1 is 1.10 bits per heavy atom. The van der Waals surface area contributed by atoms with Crippen LogP contribution in [-0.4, -0.2) is 32.9 Å². The molecular weight excluding hydrogens is 386 g/mol.